The molecule has 3 nitrogen and oxygen atoms in total. The predicted octanol–water partition coefficient (Wildman–Crippen LogP) is 2.60. The SMILES string of the molecule is FC(F)(F)c1cc(Br)cnc1OC1CCNC1. The smallest absolute Gasteiger partial charge is 0.421 e. The molecule has 0 amide bonds. The lowest BCUT2D eigenvalue weighted by Crippen LogP contribution is -2.22. The van der Waals surface area contributed by atoms with Gasteiger partial charge in [-0.25, -0.2) is 4.98 Å². The van der Waals surface area contributed by atoms with Gasteiger partial charge in [0.2, 0.25) is 5.88 Å². The maximum Gasteiger partial charge on any atom is 0.421 e. The van der Waals surface area contributed by atoms with Gasteiger partial charge in [-0.15, -0.1) is 0 Å². The molecule has 1 saturated heterocycles. The Bertz CT molecular complexity index is 405. The molecule has 94 valence electrons. The van der Waals surface area contributed by atoms with E-state index in [4.69, 9.17) is 4.74 Å². The van der Waals surface area contributed by atoms with Gasteiger partial charge in [-0.2, -0.15) is 13.2 Å². The summed E-state index contributed by atoms with van der Waals surface area (Å²) in [6.07, 6.45) is -2.72. The summed E-state index contributed by atoms with van der Waals surface area (Å²) < 4.78 is 43.8. The molecule has 1 aromatic rings. The first-order valence-corrected chi connectivity index (χ1v) is 5.86. The van der Waals surface area contributed by atoms with E-state index in [2.05, 4.69) is 26.2 Å². The second-order valence-corrected chi connectivity index (χ2v) is 4.65. The van der Waals surface area contributed by atoms with E-state index < -0.39 is 11.7 Å². The van der Waals surface area contributed by atoms with Crippen LogP contribution in [0.2, 0.25) is 0 Å². The fraction of sp³-hybridized carbons (Fsp3) is 0.500. The molecule has 2 heterocycles. The van der Waals surface area contributed by atoms with E-state index in [9.17, 15) is 13.2 Å². The molecule has 0 bridgehead atoms. The lowest BCUT2D eigenvalue weighted by atomic mass is 10.2. The van der Waals surface area contributed by atoms with E-state index in [0.29, 0.717) is 13.0 Å². The minimum absolute atomic E-state index is 0.246. The van der Waals surface area contributed by atoms with Crippen molar-refractivity contribution in [3.63, 3.8) is 0 Å². The highest BCUT2D eigenvalue weighted by Crippen LogP contribution is 2.36. The van der Waals surface area contributed by atoms with Gasteiger partial charge in [-0.1, -0.05) is 0 Å². The van der Waals surface area contributed by atoms with Gasteiger partial charge in [0.25, 0.3) is 0 Å². The molecule has 1 fully saturated rings. The van der Waals surface area contributed by atoms with Crippen LogP contribution < -0.4 is 10.1 Å². The number of rotatable bonds is 2. The van der Waals surface area contributed by atoms with Gasteiger partial charge in [-0.3, -0.25) is 0 Å². The monoisotopic (exact) mass is 310 g/mol. The van der Waals surface area contributed by atoms with E-state index in [1.807, 2.05) is 0 Å². The fourth-order valence-corrected chi connectivity index (χ4v) is 1.94. The lowest BCUT2D eigenvalue weighted by Gasteiger charge is -2.16. The molecule has 1 atom stereocenters. The maximum absolute atomic E-state index is 12.7. The molecule has 1 aromatic heterocycles. The third-order valence-corrected chi connectivity index (χ3v) is 2.85. The van der Waals surface area contributed by atoms with Crippen molar-refractivity contribution in [3.8, 4) is 5.88 Å². The van der Waals surface area contributed by atoms with Gasteiger partial charge in [-0.05, 0) is 35.0 Å². The molecule has 0 spiro atoms. The minimum atomic E-state index is -4.46. The van der Waals surface area contributed by atoms with Crippen LogP contribution in [0.15, 0.2) is 16.7 Å². The molecule has 1 aliphatic rings. The number of aromatic nitrogens is 1. The first-order valence-electron chi connectivity index (χ1n) is 5.07. The number of alkyl halides is 3. The van der Waals surface area contributed by atoms with Crippen LogP contribution in [0.5, 0.6) is 5.88 Å². The highest BCUT2D eigenvalue weighted by atomic mass is 79.9. The molecule has 1 aliphatic heterocycles. The minimum Gasteiger partial charge on any atom is -0.473 e. The van der Waals surface area contributed by atoms with Crippen LogP contribution in [0.3, 0.4) is 0 Å². The van der Waals surface area contributed by atoms with Crippen molar-refractivity contribution in [2.45, 2.75) is 18.7 Å². The van der Waals surface area contributed by atoms with E-state index >= 15 is 0 Å². The zero-order valence-electron chi connectivity index (χ0n) is 8.72. The summed E-state index contributed by atoms with van der Waals surface area (Å²) in [5, 5.41) is 3.02. The van der Waals surface area contributed by atoms with Gasteiger partial charge in [0, 0.05) is 17.2 Å². The first kappa shape index (κ1) is 12.6. The second-order valence-electron chi connectivity index (χ2n) is 3.74. The molecule has 1 N–H and O–H groups in total. The van der Waals surface area contributed by atoms with Crippen LogP contribution in [0.4, 0.5) is 13.2 Å². The van der Waals surface area contributed by atoms with Crippen molar-refractivity contribution in [2.24, 2.45) is 0 Å². The molecule has 2 rings (SSSR count). The molecular formula is C10H10BrF3N2O. The molecule has 0 aliphatic carbocycles. The van der Waals surface area contributed by atoms with Crippen molar-refractivity contribution < 1.29 is 17.9 Å². The number of ether oxygens (including phenoxy) is 1. The van der Waals surface area contributed by atoms with Crippen molar-refractivity contribution in [1.82, 2.24) is 10.3 Å². The van der Waals surface area contributed by atoms with Crippen LogP contribution in [-0.2, 0) is 6.18 Å². The fourth-order valence-electron chi connectivity index (χ4n) is 1.61. The first-order chi connectivity index (χ1) is 7.97. The summed E-state index contributed by atoms with van der Waals surface area (Å²) in [4.78, 5) is 3.69. The number of nitrogens with one attached hydrogen (secondary N) is 1. The zero-order valence-corrected chi connectivity index (χ0v) is 10.3. The van der Waals surface area contributed by atoms with Crippen LogP contribution in [0, 0.1) is 0 Å². The van der Waals surface area contributed by atoms with Crippen LogP contribution >= 0.6 is 15.9 Å². The number of hydrogen-bond donors (Lipinski definition) is 1. The van der Waals surface area contributed by atoms with Gasteiger partial charge in [0.15, 0.2) is 0 Å². The maximum atomic E-state index is 12.7. The Labute approximate surface area is 104 Å². The third-order valence-electron chi connectivity index (χ3n) is 2.42. The van der Waals surface area contributed by atoms with Gasteiger partial charge in [0.1, 0.15) is 11.7 Å². The summed E-state index contributed by atoms with van der Waals surface area (Å²) in [7, 11) is 0. The summed E-state index contributed by atoms with van der Waals surface area (Å²) in [6.45, 7) is 1.30. The van der Waals surface area contributed by atoms with Gasteiger partial charge < -0.3 is 10.1 Å². The van der Waals surface area contributed by atoms with Gasteiger partial charge >= 0.3 is 6.18 Å². The Morgan fingerprint density at radius 1 is 1.47 bits per heavy atom. The van der Waals surface area contributed by atoms with Crippen molar-refractivity contribution in [1.29, 1.82) is 0 Å². The Hall–Kier alpha value is -0.820. The Balaban J connectivity index is 2.25. The lowest BCUT2D eigenvalue weighted by molar-refractivity contribution is -0.139. The van der Waals surface area contributed by atoms with E-state index in [-0.39, 0.29) is 16.5 Å². The van der Waals surface area contributed by atoms with Crippen molar-refractivity contribution in [3.05, 3.63) is 22.3 Å². The van der Waals surface area contributed by atoms with Crippen molar-refractivity contribution >= 4 is 15.9 Å². The predicted molar refractivity (Wildman–Crippen MR) is 58.8 cm³/mol. The average Bonchev–Trinajstić information content (AvgIpc) is 2.72. The zero-order chi connectivity index (χ0) is 12.5. The van der Waals surface area contributed by atoms with Crippen LogP contribution in [0.1, 0.15) is 12.0 Å². The molecule has 0 aromatic carbocycles. The topological polar surface area (TPSA) is 34.1 Å². The normalized spacial score (nSPS) is 20.6. The van der Waals surface area contributed by atoms with Crippen molar-refractivity contribution in [2.75, 3.05) is 13.1 Å². The quantitative estimate of drug-likeness (QED) is 0.912. The molecule has 0 saturated carbocycles. The molecule has 7 heteroatoms. The molecule has 1 unspecified atom stereocenters. The summed E-state index contributed by atoms with van der Waals surface area (Å²) in [6, 6.07) is 0.977. The highest BCUT2D eigenvalue weighted by Gasteiger charge is 2.36. The summed E-state index contributed by atoms with van der Waals surface area (Å²) in [5.74, 6) is -0.352. The summed E-state index contributed by atoms with van der Waals surface area (Å²) >= 11 is 2.97. The number of hydrogen-bond acceptors (Lipinski definition) is 3. The molecule has 0 radical (unpaired) electrons. The van der Waals surface area contributed by atoms with Crippen LogP contribution in [0.25, 0.3) is 0 Å². The standard InChI is InChI=1S/C10H10BrF3N2O/c11-6-3-8(10(12,13)14)9(16-4-6)17-7-1-2-15-5-7/h3-4,7,15H,1-2,5H2. The Morgan fingerprint density at radius 3 is 2.82 bits per heavy atom. The van der Waals surface area contributed by atoms with Gasteiger partial charge in [0.05, 0.1) is 0 Å². The van der Waals surface area contributed by atoms with E-state index in [1.165, 1.54) is 6.20 Å². The second kappa shape index (κ2) is 4.81. The number of pyridine rings is 1. The molecule has 17 heavy (non-hydrogen) atoms. The van der Waals surface area contributed by atoms with Crippen LogP contribution in [-0.4, -0.2) is 24.2 Å². The largest absolute Gasteiger partial charge is 0.473 e. The number of nitrogens with zero attached hydrogens (tertiary/aromatic N) is 1. The third kappa shape index (κ3) is 3.10. The number of halogens is 4. The Kier molecular flexibility index (Phi) is 3.58. The molecular weight excluding hydrogens is 301 g/mol. The Morgan fingerprint density at radius 2 is 2.24 bits per heavy atom. The van der Waals surface area contributed by atoms with E-state index in [0.717, 1.165) is 12.6 Å². The average molecular weight is 311 g/mol. The van der Waals surface area contributed by atoms with E-state index in [1.54, 1.807) is 0 Å². The highest BCUT2D eigenvalue weighted by molar-refractivity contribution is 9.10. The summed E-state index contributed by atoms with van der Waals surface area (Å²) in [5.41, 5.74) is -0.848.